The van der Waals surface area contributed by atoms with Crippen LogP contribution < -0.4 is 4.72 Å². The number of hydrogen-bond acceptors (Lipinski definition) is 4. The number of aliphatic hydroxyl groups is 1. The molecule has 0 atom stereocenters. The lowest BCUT2D eigenvalue weighted by atomic mass is 10.2. The fourth-order valence-electron chi connectivity index (χ4n) is 1.62. The second-order valence-electron chi connectivity index (χ2n) is 4.26. The van der Waals surface area contributed by atoms with Crippen LogP contribution in [0.2, 0.25) is 0 Å². The van der Waals surface area contributed by atoms with Gasteiger partial charge in [-0.15, -0.1) is 0 Å². The summed E-state index contributed by atoms with van der Waals surface area (Å²) in [6, 6.07) is 8.34. The molecule has 0 saturated carbocycles. The van der Waals surface area contributed by atoms with Gasteiger partial charge in [0.25, 0.3) is 0 Å². The first kappa shape index (κ1) is 15.7. The van der Waals surface area contributed by atoms with Crippen LogP contribution in [0.5, 0.6) is 0 Å². The summed E-state index contributed by atoms with van der Waals surface area (Å²) in [6.07, 6.45) is 0.368. The van der Waals surface area contributed by atoms with Gasteiger partial charge in [0, 0.05) is 18.5 Å². The molecular weight excluding hydrogens is 306 g/mol. The van der Waals surface area contributed by atoms with Crippen LogP contribution in [0.1, 0.15) is 17.5 Å². The summed E-state index contributed by atoms with van der Waals surface area (Å²) >= 11 is 1.53. The third-order valence-electron chi connectivity index (χ3n) is 2.66. The van der Waals surface area contributed by atoms with Crippen molar-refractivity contribution in [2.45, 2.75) is 17.9 Å². The van der Waals surface area contributed by atoms with E-state index in [4.69, 9.17) is 5.11 Å². The quantitative estimate of drug-likeness (QED) is 0.827. The molecule has 0 saturated heterocycles. The van der Waals surface area contributed by atoms with Gasteiger partial charge in [0.15, 0.2) is 0 Å². The van der Waals surface area contributed by atoms with Crippen LogP contribution in [0.4, 0.5) is 0 Å². The summed E-state index contributed by atoms with van der Waals surface area (Å²) in [7, 11) is -3.55. The summed E-state index contributed by atoms with van der Waals surface area (Å²) in [4.78, 5) is 0.188. The van der Waals surface area contributed by atoms with E-state index < -0.39 is 10.0 Å². The summed E-state index contributed by atoms with van der Waals surface area (Å²) in [5, 5.41) is 12.5. The Balaban J connectivity index is 2.12. The maximum absolute atomic E-state index is 12.2. The van der Waals surface area contributed by atoms with Crippen LogP contribution in [0.3, 0.4) is 0 Å². The van der Waals surface area contributed by atoms with E-state index in [-0.39, 0.29) is 18.0 Å². The second kappa shape index (κ2) is 7.38. The maximum atomic E-state index is 12.2. The van der Waals surface area contributed by atoms with E-state index in [0.29, 0.717) is 12.0 Å². The Morgan fingerprint density at radius 2 is 2.14 bits per heavy atom. The van der Waals surface area contributed by atoms with Crippen molar-refractivity contribution in [2.24, 2.45) is 0 Å². The highest BCUT2D eigenvalue weighted by molar-refractivity contribution is 7.89. The van der Waals surface area contributed by atoms with Crippen LogP contribution in [0, 0.1) is 11.8 Å². The number of nitrogens with one attached hydrogen (secondary N) is 1. The van der Waals surface area contributed by atoms with Crippen LogP contribution in [-0.2, 0) is 16.6 Å². The predicted molar refractivity (Wildman–Crippen MR) is 83.4 cm³/mol. The molecule has 110 valence electrons. The van der Waals surface area contributed by atoms with Crippen molar-refractivity contribution in [3.63, 3.8) is 0 Å². The third-order valence-corrected chi connectivity index (χ3v) is 4.79. The molecule has 1 heterocycles. The summed E-state index contributed by atoms with van der Waals surface area (Å²) < 4.78 is 27.0. The van der Waals surface area contributed by atoms with Gasteiger partial charge in [-0.2, -0.15) is 11.3 Å². The smallest absolute Gasteiger partial charge is 0.240 e. The molecule has 1 aromatic heterocycles. The largest absolute Gasteiger partial charge is 0.395 e. The van der Waals surface area contributed by atoms with Gasteiger partial charge in [-0.1, -0.05) is 17.9 Å². The Kier molecular flexibility index (Phi) is 5.53. The summed E-state index contributed by atoms with van der Waals surface area (Å²) in [5.41, 5.74) is 1.55. The molecule has 0 fully saturated rings. The average Bonchev–Trinajstić information content (AvgIpc) is 2.99. The molecule has 4 nitrogen and oxygen atoms in total. The molecule has 0 unspecified atom stereocenters. The fourth-order valence-corrected chi connectivity index (χ4v) is 3.35. The monoisotopic (exact) mass is 321 g/mol. The maximum Gasteiger partial charge on any atom is 0.240 e. The van der Waals surface area contributed by atoms with Gasteiger partial charge in [-0.25, -0.2) is 13.1 Å². The highest BCUT2D eigenvalue weighted by Gasteiger charge is 2.13. The Labute approximate surface area is 128 Å². The lowest BCUT2D eigenvalue weighted by Crippen LogP contribution is -2.23. The van der Waals surface area contributed by atoms with Gasteiger partial charge in [0.2, 0.25) is 10.0 Å². The van der Waals surface area contributed by atoms with E-state index in [1.165, 1.54) is 23.5 Å². The molecule has 0 aliphatic rings. The Hall–Kier alpha value is -1.65. The van der Waals surface area contributed by atoms with Gasteiger partial charge < -0.3 is 5.11 Å². The third kappa shape index (κ3) is 4.69. The molecule has 0 spiro atoms. The zero-order valence-electron chi connectivity index (χ0n) is 11.2. The standard InChI is InChI=1S/C15H15NO3S2/c17-8-2-1-4-13-5-3-6-15(10-13)21(18,19)16-11-14-7-9-20-12-14/h3,5-7,9-10,12,16-17H,2,8,11H2. The first-order chi connectivity index (χ1) is 10.1. The number of rotatable bonds is 5. The topological polar surface area (TPSA) is 66.4 Å². The molecule has 2 N–H and O–H groups in total. The molecule has 6 heteroatoms. The molecule has 0 aliphatic carbocycles. The van der Waals surface area contributed by atoms with Crippen LogP contribution in [0.25, 0.3) is 0 Å². The van der Waals surface area contributed by atoms with Gasteiger partial charge in [0.05, 0.1) is 11.5 Å². The Morgan fingerprint density at radius 1 is 1.29 bits per heavy atom. The van der Waals surface area contributed by atoms with Crippen LogP contribution in [-0.4, -0.2) is 20.1 Å². The summed E-state index contributed by atoms with van der Waals surface area (Å²) in [6.45, 7) is 0.263. The molecule has 0 radical (unpaired) electrons. The molecular formula is C15H15NO3S2. The minimum absolute atomic E-state index is 0.00676. The van der Waals surface area contributed by atoms with Gasteiger partial charge in [0.1, 0.15) is 0 Å². The van der Waals surface area contributed by atoms with Crippen molar-refractivity contribution in [1.82, 2.24) is 4.72 Å². The number of benzene rings is 1. The van der Waals surface area contributed by atoms with E-state index in [0.717, 1.165) is 5.56 Å². The van der Waals surface area contributed by atoms with Gasteiger partial charge in [-0.05, 0) is 40.6 Å². The fraction of sp³-hybridized carbons (Fsp3) is 0.200. The normalized spacial score (nSPS) is 10.9. The Bertz CT molecular complexity index is 741. The SMILES string of the molecule is O=S(=O)(NCc1ccsc1)c1cccc(C#CCCO)c1. The Morgan fingerprint density at radius 3 is 2.86 bits per heavy atom. The van der Waals surface area contributed by atoms with Crippen molar-refractivity contribution in [2.75, 3.05) is 6.61 Å². The van der Waals surface area contributed by atoms with Crippen molar-refractivity contribution in [3.8, 4) is 11.8 Å². The van der Waals surface area contributed by atoms with Crippen molar-refractivity contribution < 1.29 is 13.5 Å². The molecule has 21 heavy (non-hydrogen) atoms. The first-order valence-electron chi connectivity index (χ1n) is 6.32. The first-order valence-corrected chi connectivity index (χ1v) is 8.75. The van der Waals surface area contributed by atoms with Gasteiger partial charge in [-0.3, -0.25) is 0 Å². The number of hydrogen-bond donors (Lipinski definition) is 2. The van der Waals surface area contributed by atoms with E-state index in [9.17, 15) is 8.42 Å². The molecule has 0 amide bonds. The number of thiophene rings is 1. The minimum atomic E-state index is -3.55. The van der Waals surface area contributed by atoms with Crippen LogP contribution in [0.15, 0.2) is 46.0 Å². The second-order valence-corrected chi connectivity index (χ2v) is 6.81. The molecule has 2 rings (SSSR count). The van der Waals surface area contributed by atoms with Gasteiger partial charge >= 0.3 is 0 Å². The lowest BCUT2D eigenvalue weighted by molar-refractivity contribution is 0.305. The molecule has 1 aromatic carbocycles. The molecule has 0 aliphatic heterocycles. The minimum Gasteiger partial charge on any atom is -0.395 e. The number of aliphatic hydroxyl groups excluding tert-OH is 1. The van der Waals surface area contributed by atoms with Crippen molar-refractivity contribution in [1.29, 1.82) is 0 Å². The highest BCUT2D eigenvalue weighted by Crippen LogP contribution is 2.12. The van der Waals surface area contributed by atoms with E-state index in [2.05, 4.69) is 16.6 Å². The highest BCUT2D eigenvalue weighted by atomic mass is 32.2. The van der Waals surface area contributed by atoms with E-state index in [1.807, 2.05) is 16.8 Å². The predicted octanol–water partition coefficient (Wildman–Crippen LogP) is 1.96. The molecule has 2 aromatic rings. The average molecular weight is 321 g/mol. The number of sulfonamides is 1. The van der Waals surface area contributed by atoms with E-state index >= 15 is 0 Å². The zero-order valence-corrected chi connectivity index (χ0v) is 12.9. The van der Waals surface area contributed by atoms with Crippen molar-refractivity contribution in [3.05, 3.63) is 52.2 Å². The van der Waals surface area contributed by atoms with Crippen LogP contribution >= 0.6 is 11.3 Å². The summed E-state index contributed by atoms with van der Waals surface area (Å²) in [5.74, 6) is 5.60. The zero-order chi connectivity index (χ0) is 15.1. The van der Waals surface area contributed by atoms with Crippen molar-refractivity contribution >= 4 is 21.4 Å². The molecule has 0 bridgehead atoms. The lowest BCUT2D eigenvalue weighted by Gasteiger charge is -2.06. The van der Waals surface area contributed by atoms with E-state index in [1.54, 1.807) is 12.1 Å².